The van der Waals surface area contributed by atoms with E-state index in [0.717, 1.165) is 16.0 Å². The molecule has 0 fully saturated rings. The van der Waals surface area contributed by atoms with E-state index < -0.39 is 0 Å². The molecule has 2 heterocycles. The van der Waals surface area contributed by atoms with Gasteiger partial charge in [-0.15, -0.1) is 0 Å². The number of thioether (sulfide) groups is 1. The molecule has 2 amide bonds. The van der Waals surface area contributed by atoms with E-state index in [4.69, 9.17) is 0 Å². The third kappa shape index (κ3) is 4.55. The van der Waals surface area contributed by atoms with Crippen LogP contribution in [-0.4, -0.2) is 16.8 Å². The van der Waals surface area contributed by atoms with Crippen LogP contribution >= 0.6 is 11.8 Å². The fourth-order valence-corrected chi connectivity index (χ4v) is 3.83. The number of nitrogens with zero attached hydrogens (tertiary/aromatic N) is 1. The van der Waals surface area contributed by atoms with Crippen LogP contribution in [0.15, 0.2) is 76.8 Å². The summed E-state index contributed by atoms with van der Waals surface area (Å²) >= 11 is 1.40. The minimum Gasteiger partial charge on any atom is -0.348 e. The van der Waals surface area contributed by atoms with Crippen LogP contribution in [0.4, 0.5) is 5.69 Å². The van der Waals surface area contributed by atoms with Gasteiger partial charge in [-0.3, -0.25) is 14.6 Å². The van der Waals surface area contributed by atoms with Gasteiger partial charge in [-0.1, -0.05) is 47.7 Å². The Morgan fingerprint density at radius 1 is 1.17 bits per heavy atom. The Morgan fingerprint density at radius 3 is 2.76 bits per heavy atom. The average molecular weight is 401 g/mol. The topological polar surface area (TPSA) is 71.1 Å². The van der Waals surface area contributed by atoms with E-state index in [0.29, 0.717) is 22.7 Å². The first-order chi connectivity index (χ1) is 14.1. The van der Waals surface area contributed by atoms with Crippen LogP contribution in [0.1, 0.15) is 27.0 Å². The van der Waals surface area contributed by atoms with Crippen molar-refractivity contribution in [2.75, 3.05) is 5.32 Å². The van der Waals surface area contributed by atoms with Gasteiger partial charge in [-0.2, -0.15) is 0 Å². The third-order valence-electron chi connectivity index (χ3n) is 4.48. The van der Waals surface area contributed by atoms with Crippen molar-refractivity contribution in [1.82, 2.24) is 10.3 Å². The molecule has 0 atom stereocenters. The van der Waals surface area contributed by atoms with Crippen LogP contribution in [-0.2, 0) is 11.3 Å². The van der Waals surface area contributed by atoms with Gasteiger partial charge in [0.2, 0.25) is 0 Å². The lowest BCUT2D eigenvalue weighted by atomic mass is 10.1. The SMILES string of the molecule is Cc1ccc(C=C2Sc3ccc(C(=O)NCc4cccnc4)cc3NC2=O)cc1. The number of aryl methyl sites for hydroxylation is 1. The average Bonchev–Trinajstić information content (AvgIpc) is 2.74. The Hall–Kier alpha value is -3.38. The van der Waals surface area contributed by atoms with Crippen LogP contribution in [0.3, 0.4) is 0 Å². The smallest absolute Gasteiger partial charge is 0.262 e. The van der Waals surface area contributed by atoms with Crippen LogP contribution in [0.2, 0.25) is 0 Å². The monoisotopic (exact) mass is 401 g/mol. The molecular weight excluding hydrogens is 382 g/mol. The molecule has 2 N–H and O–H groups in total. The van der Waals surface area contributed by atoms with Gasteiger partial charge in [0.05, 0.1) is 10.6 Å². The lowest BCUT2D eigenvalue weighted by Gasteiger charge is -2.19. The van der Waals surface area contributed by atoms with Crippen molar-refractivity contribution >= 4 is 35.3 Å². The molecule has 1 aliphatic rings. The molecule has 4 rings (SSSR count). The number of carbonyl (C=O) groups is 2. The van der Waals surface area contributed by atoms with Crippen molar-refractivity contribution in [2.24, 2.45) is 0 Å². The first-order valence-electron chi connectivity index (χ1n) is 9.17. The van der Waals surface area contributed by atoms with Crippen molar-refractivity contribution in [3.63, 3.8) is 0 Å². The Bertz CT molecular complexity index is 1090. The third-order valence-corrected chi connectivity index (χ3v) is 5.58. The van der Waals surface area contributed by atoms with Gasteiger partial charge in [-0.25, -0.2) is 0 Å². The predicted octanol–water partition coefficient (Wildman–Crippen LogP) is 4.41. The summed E-state index contributed by atoms with van der Waals surface area (Å²) in [7, 11) is 0. The summed E-state index contributed by atoms with van der Waals surface area (Å²) in [5.74, 6) is -0.368. The quantitative estimate of drug-likeness (QED) is 0.636. The molecule has 29 heavy (non-hydrogen) atoms. The highest BCUT2D eigenvalue weighted by atomic mass is 32.2. The van der Waals surface area contributed by atoms with Gasteiger partial charge in [-0.05, 0) is 48.4 Å². The van der Waals surface area contributed by atoms with Crippen molar-refractivity contribution in [3.05, 3.63) is 94.1 Å². The maximum atomic E-state index is 12.5. The van der Waals surface area contributed by atoms with Crippen molar-refractivity contribution in [2.45, 2.75) is 18.4 Å². The minimum atomic E-state index is -0.197. The normalized spacial score (nSPS) is 14.2. The predicted molar refractivity (Wildman–Crippen MR) is 115 cm³/mol. The molecule has 2 aromatic carbocycles. The summed E-state index contributed by atoms with van der Waals surface area (Å²) in [6.45, 7) is 2.42. The van der Waals surface area contributed by atoms with Gasteiger partial charge >= 0.3 is 0 Å². The van der Waals surface area contributed by atoms with Gasteiger partial charge < -0.3 is 10.6 Å². The second-order valence-corrected chi connectivity index (χ2v) is 7.81. The van der Waals surface area contributed by atoms with Crippen molar-refractivity contribution in [1.29, 1.82) is 0 Å². The first-order valence-corrected chi connectivity index (χ1v) is 9.99. The van der Waals surface area contributed by atoms with E-state index in [1.807, 2.05) is 55.5 Å². The summed E-state index contributed by atoms with van der Waals surface area (Å²) in [6, 6.07) is 17.1. The maximum Gasteiger partial charge on any atom is 0.262 e. The fraction of sp³-hybridized carbons (Fsp3) is 0.0870. The number of hydrogen-bond acceptors (Lipinski definition) is 4. The van der Waals surface area contributed by atoms with Gasteiger partial charge in [0.15, 0.2) is 0 Å². The zero-order valence-corrected chi connectivity index (χ0v) is 16.6. The molecule has 3 aromatic rings. The van der Waals surface area contributed by atoms with Crippen molar-refractivity contribution in [3.8, 4) is 0 Å². The summed E-state index contributed by atoms with van der Waals surface area (Å²) < 4.78 is 0. The lowest BCUT2D eigenvalue weighted by molar-refractivity contribution is -0.112. The number of rotatable bonds is 4. The molecule has 144 valence electrons. The standard InChI is InChI=1S/C23H19N3O2S/c1-15-4-6-16(7-5-15)11-21-23(28)26-19-12-18(8-9-20(19)29-21)22(27)25-14-17-3-2-10-24-13-17/h2-13H,14H2,1H3,(H,25,27)(H,26,28). The summed E-state index contributed by atoms with van der Waals surface area (Å²) in [5, 5.41) is 5.76. The number of anilines is 1. The first kappa shape index (κ1) is 19.0. The Morgan fingerprint density at radius 2 is 2.00 bits per heavy atom. The molecule has 0 saturated heterocycles. The van der Waals surface area contributed by atoms with E-state index >= 15 is 0 Å². The van der Waals surface area contributed by atoms with Crippen LogP contribution in [0, 0.1) is 6.92 Å². The number of carbonyl (C=O) groups excluding carboxylic acids is 2. The molecule has 6 heteroatoms. The molecule has 5 nitrogen and oxygen atoms in total. The fourth-order valence-electron chi connectivity index (χ4n) is 2.90. The van der Waals surface area contributed by atoms with Crippen LogP contribution < -0.4 is 10.6 Å². The minimum absolute atomic E-state index is 0.170. The summed E-state index contributed by atoms with van der Waals surface area (Å²) in [4.78, 5) is 30.5. The van der Waals surface area contributed by atoms with E-state index in [1.165, 1.54) is 17.3 Å². The van der Waals surface area contributed by atoms with Gasteiger partial charge in [0.1, 0.15) is 0 Å². The zero-order chi connectivity index (χ0) is 20.2. The highest BCUT2D eigenvalue weighted by Crippen LogP contribution is 2.39. The van der Waals surface area contributed by atoms with E-state index in [1.54, 1.807) is 24.5 Å². The number of aromatic nitrogens is 1. The number of pyridine rings is 1. The highest BCUT2D eigenvalue weighted by molar-refractivity contribution is 8.04. The Balaban J connectivity index is 1.48. The van der Waals surface area contributed by atoms with Crippen LogP contribution in [0.25, 0.3) is 6.08 Å². The molecule has 0 radical (unpaired) electrons. The van der Waals surface area contributed by atoms with E-state index in [9.17, 15) is 9.59 Å². The largest absolute Gasteiger partial charge is 0.348 e. The van der Waals surface area contributed by atoms with Crippen molar-refractivity contribution < 1.29 is 9.59 Å². The number of benzene rings is 2. The number of hydrogen-bond donors (Lipinski definition) is 2. The number of amides is 2. The second-order valence-electron chi connectivity index (χ2n) is 6.73. The molecule has 0 unspecified atom stereocenters. The zero-order valence-electron chi connectivity index (χ0n) is 15.8. The molecule has 0 spiro atoms. The van der Waals surface area contributed by atoms with E-state index in [2.05, 4.69) is 15.6 Å². The second kappa shape index (κ2) is 8.32. The summed E-state index contributed by atoms with van der Waals surface area (Å²) in [5.41, 5.74) is 4.22. The lowest BCUT2D eigenvalue weighted by Crippen LogP contribution is -2.24. The number of fused-ring (bicyclic) bond motifs is 1. The molecule has 0 bridgehead atoms. The molecule has 0 saturated carbocycles. The molecule has 1 aliphatic heterocycles. The Kier molecular flexibility index (Phi) is 5.44. The van der Waals surface area contributed by atoms with Crippen LogP contribution in [0.5, 0.6) is 0 Å². The summed E-state index contributed by atoms with van der Waals surface area (Å²) in [6.07, 6.45) is 5.28. The molecule has 0 aliphatic carbocycles. The number of nitrogens with one attached hydrogen (secondary N) is 2. The molecular formula is C23H19N3O2S. The highest BCUT2D eigenvalue weighted by Gasteiger charge is 2.22. The van der Waals surface area contributed by atoms with Gasteiger partial charge in [0.25, 0.3) is 11.8 Å². The van der Waals surface area contributed by atoms with E-state index in [-0.39, 0.29) is 11.8 Å². The molecule has 1 aromatic heterocycles. The van der Waals surface area contributed by atoms with Gasteiger partial charge in [0, 0.05) is 29.4 Å². The Labute approximate surface area is 173 Å². The maximum absolute atomic E-state index is 12.5.